The van der Waals surface area contributed by atoms with E-state index >= 15 is 4.39 Å². The van der Waals surface area contributed by atoms with E-state index in [1.54, 1.807) is 19.1 Å². The molecule has 0 heterocycles. The van der Waals surface area contributed by atoms with Gasteiger partial charge in [0.2, 0.25) is 0 Å². The number of hydrogen-bond acceptors (Lipinski definition) is 4. The van der Waals surface area contributed by atoms with E-state index in [1.165, 1.54) is 0 Å². The fraction of sp³-hybridized carbons (Fsp3) is 0.622. The van der Waals surface area contributed by atoms with Gasteiger partial charge in [0.15, 0.2) is 5.78 Å². The molecule has 4 atom stereocenters. The van der Waals surface area contributed by atoms with E-state index in [9.17, 15) is 9.90 Å². The Hall–Kier alpha value is -2.79. The number of phenolic OH excluding ortho intramolecular Hbond substituents is 1. The van der Waals surface area contributed by atoms with Crippen molar-refractivity contribution in [3.63, 3.8) is 0 Å². The lowest BCUT2D eigenvalue weighted by Gasteiger charge is -2.37. The number of rotatable bonds is 24. The third-order valence-corrected chi connectivity index (χ3v) is 11.4. The summed E-state index contributed by atoms with van der Waals surface area (Å²) in [4.78, 5) is 13.9. The summed E-state index contributed by atoms with van der Waals surface area (Å²) in [6.07, 6.45) is 11.0. The first-order chi connectivity index (χ1) is 24.3. The van der Waals surface area contributed by atoms with Crippen molar-refractivity contribution in [1.29, 1.82) is 0 Å². The summed E-state index contributed by atoms with van der Waals surface area (Å²) in [5.41, 5.74) is 3.10. The standard InChI is InChI=1S/C45H69ClFNO3/c1-12-18-23-35(31(8)17-6)29-51-33(10)36(20-13-2)44(48-45(26-15-4,34(11)49)27-25-30(7)16-5)38-28-39(46)42(43(47)37(38)21-14-3)41-32(9)22-19-24-40(41)50/h19,22,24,28,30-31,35,48,50H,10,12-18,20-21,23,25-27,29H2,1-9,11H3/b44-36+. The molecule has 2 aromatic rings. The Morgan fingerprint density at radius 1 is 1.00 bits per heavy atom. The molecule has 0 saturated carbocycles. The fourth-order valence-corrected chi connectivity index (χ4v) is 7.51. The minimum atomic E-state index is -0.868. The molecule has 0 saturated heterocycles. The lowest BCUT2D eigenvalue weighted by atomic mass is 9.80. The molecule has 0 radical (unpaired) electrons. The van der Waals surface area contributed by atoms with Gasteiger partial charge in [-0.05, 0) is 93.4 Å². The predicted molar refractivity (Wildman–Crippen MR) is 217 cm³/mol. The van der Waals surface area contributed by atoms with E-state index in [-0.39, 0.29) is 22.1 Å². The molecule has 0 fully saturated rings. The van der Waals surface area contributed by atoms with Crippen LogP contribution < -0.4 is 5.32 Å². The third-order valence-electron chi connectivity index (χ3n) is 11.1. The monoisotopic (exact) mass is 725 g/mol. The number of allylic oxidation sites excluding steroid dienone is 1. The van der Waals surface area contributed by atoms with Gasteiger partial charge in [0.25, 0.3) is 0 Å². The lowest BCUT2D eigenvalue weighted by Crippen LogP contribution is -2.50. The van der Waals surface area contributed by atoms with Crippen molar-refractivity contribution in [2.75, 3.05) is 6.61 Å². The molecule has 0 aliphatic rings. The van der Waals surface area contributed by atoms with Gasteiger partial charge in [-0.2, -0.15) is 0 Å². The van der Waals surface area contributed by atoms with Crippen LogP contribution in [0, 0.1) is 30.5 Å². The van der Waals surface area contributed by atoms with E-state index in [1.807, 2.05) is 26.0 Å². The summed E-state index contributed by atoms with van der Waals surface area (Å²) >= 11 is 7.09. The molecule has 286 valence electrons. The first kappa shape index (κ1) is 44.4. The third kappa shape index (κ3) is 11.6. The number of ether oxygens (including phenoxy) is 1. The zero-order valence-electron chi connectivity index (χ0n) is 33.7. The summed E-state index contributed by atoms with van der Waals surface area (Å²) in [6.45, 7) is 26.0. The number of carbonyl (C=O) groups is 1. The van der Waals surface area contributed by atoms with E-state index in [2.05, 4.69) is 60.4 Å². The van der Waals surface area contributed by atoms with Crippen molar-refractivity contribution in [2.45, 2.75) is 158 Å². The van der Waals surface area contributed by atoms with Crippen LogP contribution in [0.15, 0.2) is 42.2 Å². The molecule has 4 nitrogen and oxygen atoms in total. The Kier molecular flexibility index (Phi) is 18.9. The Labute approximate surface area is 315 Å². The second-order valence-corrected chi connectivity index (χ2v) is 15.4. The van der Waals surface area contributed by atoms with Gasteiger partial charge >= 0.3 is 0 Å². The van der Waals surface area contributed by atoms with Gasteiger partial charge in [-0.1, -0.05) is 131 Å². The minimum absolute atomic E-state index is 0.0177. The summed E-state index contributed by atoms with van der Waals surface area (Å²) in [6, 6.07) is 6.99. The highest BCUT2D eigenvalue weighted by Gasteiger charge is 2.37. The molecular weight excluding hydrogens is 657 g/mol. The molecule has 51 heavy (non-hydrogen) atoms. The Morgan fingerprint density at radius 3 is 2.25 bits per heavy atom. The second kappa shape index (κ2) is 21.7. The van der Waals surface area contributed by atoms with Crippen LogP contribution in [0.1, 0.15) is 156 Å². The topological polar surface area (TPSA) is 58.6 Å². The summed E-state index contributed by atoms with van der Waals surface area (Å²) in [5, 5.41) is 15.0. The highest BCUT2D eigenvalue weighted by atomic mass is 35.5. The van der Waals surface area contributed by atoms with E-state index < -0.39 is 11.4 Å². The molecule has 2 aromatic carbocycles. The van der Waals surface area contributed by atoms with Crippen molar-refractivity contribution in [2.24, 2.45) is 17.8 Å². The number of aryl methyl sites for hydroxylation is 1. The molecule has 0 amide bonds. The van der Waals surface area contributed by atoms with Crippen LogP contribution in [0.3, 0.4) is 0 Å². The zero-order valence-corrected chi connectivity index (χ0v) is 34.4. The quantitative estimate of drug-likeness (QED) is 0.0835. The SMILES string of the molecule is C=C(OCC(CCCC)C(C)CC)/C(CCC)=C(/NC(CCC)(CCC(C)CC)C(C)=O)c1cc(Cl)c(-c2c(C)cccc2O)c(F)c1CCC. The normalized spacial score (nSPS) is 15.1. The van der Waals surface area contributed by atoms with Crippen molar-refractivity contribution in [3.05, 3.63) is 69.7 Å². The van der Waals surface area contributed by atoms with Gasteiger partial charge in [-0.3, -0.25) is 4.79 Å². The van der Waals surface area contributed by atoms with Gasteiger partial charge in [0.05, 0.1) is 17.2 Å². The number of halogens is 2. The van der Waals surface area contributed by atoms with Crippen molar-refractivity contribution in [3.8, 4) is 16.9 Å². The number of phenols is 1. The smallest absolute Gasteiger partial charge is 0.155 e. The zero-order chi connectivity index (χ0) is 38.3. The number of carbonyl (C=O) groups excluding carboxylic acids is 1. The van der Waals surface area contributed by atoms with Crippen molar-refractivity contribution >= 4 is 23.1 Å². The molecular formula is C45H69ClFNO3. The summed E-state index contributed by atoms with van der Waals surface area (Å²) in [5.74, 6) is 1.49. The largest absolute Gasteiger partial charge is 0.507 e. The van der Waals surface area contributed by atoms with E-state index in [4.69, 9.17) is 16.3 Å². The number of unbranched alkanes of at least 4 members (excludes halogenated alkanes) is 1. The van der Waals surface area contributed by atoms with Gasteiger partial charge in [-0.25, -0.2) is 4.39 Å². The number of Topliss-reactive ketones (excluding diaryl/α,β-unsaturated/α-hetero) is 1. The minimum Gasteiger partial charge on any atom is -0.507 e. The van der Waals surface area contributed by atoms with Crippen LogP contribution in [0.25, 0.3) is 16.8 Å². The van der Waals surface area contributed by atoms with Gasteiger partial charge in [0, 0.05) is 28.0 Å². The number of ketones is 1. The lowest BCUT2D eigenvalue weighted by molar-refractivity contribution is -0.123. The Balaban J connectivity index is 3.02. The molecule has 2 N–H and O–H groups in total. The molecule has 0 bridgehead atoms. The highest BCUT2D eigenvalue weighted by molar-refractivity contribution is 6.33. The maximum Gasteiger partial charge on any atom is 0.155 e. The van der Waals surface area contributed by atoms with Crippen LogP contribution in [-0.4, -0.2) is 23.0 Å². The van der Waals surface area contributed by atoms with Crippen LogP contribution >= 0.6 is 11.6 Å². The predicted octanol–water partition coefficient (Wildman–Crippen LogP) is 13.6. The molecule has 0 aromatic heterocycles. The second-order valence-electron chi connectivity index (χ2n) is 15.0. The highest BCUT2D eigenvalue weighted by Crippen LogP contribution is 2.44. The van der Waals surface area contributed by atoms with Crippen LogP contribution in [0.5, 0.6) is 5.75 Å². The van der Waals surface area contributed by atoms with Crippen molar-refractivity contribution in [1.82, 2.24) is 5.32 Å². The van der Waals surface area contributed by atoms with E-state index in [0.717, 1.165) is 62.5 Å². The van der Waals surface area contributed by atoms with E-state index in [0.29, 0.717) is 84.6 Å². The number of aromatic hydroxyl groups is 1. The Morgan fingerprint density at radius 2 is 1.71 bits per heavy atom. The molecule has 0 aliphatic heterocycles. The Bertz CT molecular complexity index is 1450. The molecule has 2 rings (SSSR count). The van der Waals surface area contributed by atoms with Crippen molar-refractivity contribution < 1.29 is 19.0 Å². The molecule has 0 aliphatic carbocycles. The van der Waals surface area contributed by atoms with Gasteiger partial charge in [-0.15, -0.1) is 0 Å². The molecule has 6 heteroatoms. The first-order valence-electron chi connectivity index (χ1n) is 19.9. The number of nitrogens with one attached hydrogen (secondary N) is 1. The van der Waals surface area contributed by atoms with Crippen LogP contribution in [0.4, 0.5) is 4.39 Å². The fourth-order valence-electron chi connectivity index (χ4n) is 7.22. The maximum atomic E-state index is 17.2. The number of benzene rings is 2. The molecule has 4 unspecified atom stereocenters. The van der Waals surface area contributed by atoms with Gasteiger partial charge < -0.3 is 15.2 Å². The first-order valence-corrected chi connectivity index (χ1v) is 20.3. The summed E-state index contributed by atoms with van der Waals surface area (Å²) in [7, 11) is 0. The number of hydrogen-bond donors (Lipinski definition) is 2. The summed E-state index contributed by atoms with van der Waals surface area (Å²) < 4.78 is 23.8. The average molecular weight is 727 g/mol. The average Bonchev–Trinajstić information content (AvgIpc) is 3.10. The van der Waals surface area contributed by atoms with Crippen LogP contribution in [-0.2, 0) is 16.0 Å². The molecule has 0 spiro atoms. The maximum absolute atomic E-state index is 17.2. The van der Waals surface area contributed by atoms with Gasteiger partial charge in [0.1, 0.15) is 17.3 Å². The van der Waals surface area contributed by atoms with Crippen LogP contribution in [0.2, 0.25) is 5.02 Å².